The van der Waals surface area contributed by atoms with E-state index in [2.05, 4.69) is 23.9 Å². The standard InChI is InChI=1S/C14H25NO2/c1-11(13(16)17-4)7-9-15-12-6-5-8-14(2,3)10-12/h7,12,15H,5-6,8-10H2,1-4H3. The van der Waals surface area contributed by atoms with E-state index < -0.39 is 0 Å². The Kier molecular flexibility index (Phi) is 5.19. The van der Waals surface area contributed by atoms with Gasteiger partial charge in [0.15, 0.2) is 0 Å². The number of rotatable bonds is 4. The number of methoxy groups -OCH3 is 1. The first-order valence-electron chi connectivity index (χ1n) is 6.43. The van der Waals surface area contributed by atoms with Gasteiger partial charge in [0, 0.05) is 18.2 Å². The molecule has 1 N–H and O–H groups in total. The van der Waals surface area contributed by atoms with Crippen LogP contribution in [0.3, 0.4) is 0 Å². The van der Waals surface area contributed by atoms with Gasteiger partial charge in [-0.1, -0.05) is 26.3 Å². The highest BCUT2D eigenvalue weighted by Crippen LogP contribution is 2.34. The third-order valence-corrected chi connectivity index (χ3v) is 3.53. The largest absolute Gasteiger partial charge is 0.466 e. The molecule has 17 heavy (non-hydrogen) atoms. The van der Waals surface area contributed by atoms with Crippen molar-refractivity contribution in [1.29, 1.82) is 0 Å². The molecular weight excluding hydrogens is 214 g/mol. The van der Waals surface area contributed by atoms with E-state index in [1.54, 1.807) is 6.92 Å². The second-order valence-electron chi connectivity index (χ2n) is 5.74. The van der Waals surface area contributed by atoms with Gasteiger partial charge < -0.3 is 10.1 Å². The summed E-state index contributed by atoms with van der Waals surface area (Å²) in [5.74, 6) is -0.240. The molecule has 98 valence electrons. The van der Waals surface area contributed by atoms with Crippen molar-refractivity contribution in [3.8, 4) is 0 Å². The molecule has 0 aromatic carbocycles. The summed E-state index contributed by atoms with van der Waals surface area (Å²) in [6.45, 7) is 7.20. The van der Waals surface area contributed by atoms with E-state index in [4.69, 9.17) is 0 Å². The summed E-state index contributed by atoms with van der Waals surface area (Å²) in [4.78, 5) is 11.2. The summed E-state index contributed by atoms with van der Waals surface area (Å²) in [6, 6.07) is 0.584. The fourth-order valence-electron chi connectivity index (χ4n) is 2.50. The first kappa shape index (κ1) is 14.2. The van der Waals surface area contributed by atoms with Crippen molar-refractivity contribution in [2.24, 2.45) is 5.41 Å². The van der Waals surface area contributed by atoms with Crippen molar-refractivity contribution >= 4 is 5.97 Å². The van der Waals surface area contributed by atoms with Gasteiger partial charge in [0.2, 0.25) is 0 Å². The van der Waals surface area contributed by atoms with Crippen molar-refractivity contribution in [2.75, 3.05) is 13.7 Å². The maximum absolute atomic E-state index is 11.2. The van der Waals surface area contributed by atoms with Gasteiger partial charge in [0.25, 0.3) is 0 Å². The van der Waals surface area contributed by atoms with Gasteiger partial charge in [-0.3, -0.25) is 0 Å². The van der Waals surface area contributed by atoms with Crippen LogP contribution in [0.1, 0.15) is 46.5 Å². The van der Waals surface area contributed by atoms with Crippen molar-refractivity contribution in [2.45, 2.75) is 52.5 Å². The average molecular weight is 239 g/mol. The molecule has 1 aliphatic carbocycles. The van der Waals surface area contributed by atoms with Crippen molar-refractivity contribution in [3.05, 3.63) is 11.6 Å². The van der Waals surface area contributed by atoms with Crippen LogP contribution < -0.4 is 5.32 Å². The van der Waals surface area contributed by atoms with Crippen LogP contribution in [0, 0.1) is 5.41 Å². The zero-order valence-electron chi connectivity index (χ0n) is 11.5. The Morgan fingerprint density at radius 2 is 2.24 bits per heavy atom. The summed E-state index contributed by atoms with van der Waals surface area (Å²) in [7, 11) is 1.41. The zero-order valence-corrected chi connectivity index (χ0v) is 11.5. The number of ether oxygens (including phenoxy) is 1. The summed E-state index contributed by atoms with van der Waals surface area (Å²) in [5.41, 5.74) is 1.13. The molecule has 0 radical (unpaired) electrons. The number of hydrogen-bond donors (Lipinski definition) is 1. The quantitative estimate of drug-likeness (QED) is 0.605. The Morgan fingerprint density at radius 3 is 2.82 bits per heavy atom. The molecule has 3 heteroatoms. The van der Waals surface area contributed by atoms with Gasteiger partial charge >= 0.3 is 5.97 Å². The number of nitrogens with one attached hydrogen (secondary N) is 1. The number of carbonyl (C=O) groups is 1. The van der Waals surface area contributed by atoms with Crippen LogP contribution in [0.5, 0.6) is 0 Å². The fourth-order valence-corrected chi connectivity index (χ4v) is 2.50. The predicted molar refractivity (Wildman–Crippen MR) is 69.8 cm³/mol. The highest BCUT2D eigenvalue weighted by atomic mass is 16.5. The van der Waals surface area contributed by atoms with Gasteiger partial charge in [-0.25, -0.2) is 4.79 Å². The SMILES string of the molecule is COC(=O)C(C)=CCNC1CCCC(C)(C)C1. The summed E-state index contributed by atoms with van der Waals surface area (Å²) >= 11 is 0. The van der Waals surface area contributed by atoms with Crippen LogP contribution in [0.25, 0.3) is 0 Å². The molecule has 1 saturated carbocycles. The molecule has 0 aromatic rings. The number of hydrogen-bond acceptors (Lipinski definition) is 3. The molecule has 0 spiro atoms. The maximum atomic E-state index is 11.2. The van der Waals surface area contributed by atoms with Gasteiger partial charge in [-0.2, -0.15) is 0 Å². The summed E-state index contributed by atoms with van der Waals surface area (Å²) in [6.07, 6.45) is 6.99. The minimum absolute atomic E-state index is 0.240. The molecule has 0 aromatic heterocycles. The van der Waals surface area contributed by atoms with Crippen molar-refractivity contribution in [3.63, 3.8) is 0 Å². The lowest BCUT2D eigenvalue weighted by atomic mass is 9.75. The molecule has 0 heterocycles. The molecular formula is C14H25NO2. The van der Waals surface area contributed by atoms with Crippen LogP contribution >= 0.6 is 0 Å². The Bertz CT molecular complexity index is 295. The molecule has 0 amide bonds. The van der Waals surface area contributed by atoms with Crippen LogP contribution in [-0.2, 0) is 9.53 Å². The van der Waals surface area contributed by atoms with Gasteiger partial charge in [-0.15, -0.1) is 0 Å². The molecule has 1 aliphatic rings. The highest BCUT2D eigenvalue weighted by Gasteiger charge is 2.27. The topological polar surface area (TPSA) is 38.3 Å². The summed E-state index contributed by atoms with van der Waals surface area (Å²) in [5, 5.41) is 3.50. The van der Waals surface area contributed by atoms with Crippen LogP contribution in [0.2, 0.25) is 0 Å². The van der Waals surface area contributed by atoms with Gasteiger partial charge in [-0.05, 0) is 31.6 Å². The molecule has 0 saturated heterocycles. The number of carbonyl (C=O) groups excluding carboxylic acids is 1. The van der Waals surface area contributed by atoms with Gasteiger partial charge in [0.1, 0.15) is 0 Å². The fraction of sp³-hybridized carbons (Fsp3) is 0.786. The predicted octanol–water partition coefficient (Wildman–Crippen LogP) is 2.66. The maximum Gasteiger partial charge on any atom is 0.333 e. The van der Waals surface area contributed by atoms with Gasteiger partial charge in [0.05, 0.1) is 7.11 Å². The first-order chi connectivity index (χ1) is 7.94. The first-order valence-corrected chi connectivity index (χ1v) is 6.43. The lowest BCUT2D eigenvalue weighted by molar-refractivity contribution is -0.136. The van der Waals surface area contributed by atoms with E-state index in [-0.39, 0.29) is 5.97 Å². The van der Waals surface area contributed by atoms with Crippen molar-refractivity contribution in [1.82, 2.24) is 5.32 Å². The highest BCUT2D eigenvalue weighted by molar-refractivity contribution is 5.87. The van der Waals surface area contributed by atoms with Crippen LogP contribution in [0.4, 0.5) is 0 Å². The molecule has 1 atom stereocenters. The van der Waals surface area contributed by atoms with E-state index in [0.717, 1.165) is 6.54 Å². The Balaban J connectivity index is 2.34. The lowest BCUT2D eigenvalue weighted by Crippen LogP contribution is -2.37. The molecule has 1 unspecified atom stereocenters. The third-order valence-electron chi connectivity index (χ3n) is 3.53. The van der Waals surface area contributed by atoms with Crippen LogP contribution in [-0.4, -0.2) is 25.7 Å². The third kappa shape index (κ3) is 4.90. The normalized spacial score (nSPS) is 24.5. The molecule has 1 rings (SSSR count). The monoisotopic (exact) mass is 239 g/mol. The van der Waals surface area contributed by atoms with E-state index in [9.17, 15) is 4.79 Å². The Morgan fingerprint density at radius 1 is 1.53 bits per heavy atom. The van der Waals surface area contributed by atoms with Crippen molar-refractivity contribution < 1.29 is 9.53 Å². The smallest absolute Gasteiger partial charge is 0.333 e. The lowest BCUT2D eigenvalue weighted by Gasteiger charge is -2.35. The molecule has 3 nitrogen and oxygen atoms in total. The average Bonchev–Trinajstić information content (AvgIpc) is 2.26. The van der Waals surface area contributed by atoms with E-state index in [1.165, 1.54) is 32.8 Å². The van der Waals surface area contributed by atoms with E-state index >= 15 is 0 Å². The Hall–Kier alpha value is -0.830. The van der Waals surface area contributed by atoms with E-state index in [0.29, 0.717) is 17.0 Å². The van der Waals surface area contributed by atoms with Crippen LogP contribution in [0.15, 0.2) is 11.6 Å². The molecule has 0 aliphatic heterocycles. The molecule has 1 fully saturated rings. The minimum atomic E-state index is -0.240. The number of esters is 1. The second kappa shape index (κ2) is 6.20. The minimum Gasteiger partial charge on any atom is -0.466 e. The Labute approximate surface area is 105 Å². The second-order valence-corrected chi connectivity index (χ2v) is 5.74. The molecule has 0 bridgehead atoms. The zero-order chi connectivity index (χ0) is 12.9. The van der Waals surface area contributed by atoms with E-state index in [1.807, 2.05) is 6.08 Å². The summed E-state index contributed by atoms with van der Waals surface area (Å²) < 4.78 is 4.65.